The summed E-state index contributed by atoms with van der Waals surface area (Å²) in [5, 5.41) is 3.27. The van der Waals surface area contributed by atoms with Crippen molar-refractivity contribution in [3.63, 3.8) is 0 Å². The maximum atomic E-state index is 12.4. The highest BCUT2D eigenvalue weighted by atomic mass is 19.4. The second-order valence-corrected chi connectivity index (χ2v) is 4.61. The average molecular weight is 279 g/mol. The van der Waals surface area contributed by atoms with Gasteiger partial charge in [0.15, 0.2) is 0 Å². The fraction of sp³-hybridized carbons (Fsp3) is 0.250. The van der Waals surface area contributed by atoms with Gasteiger partial charge in [-0.3, -0.25) is 0 Å². The quantitative estimate of drug-likeness (QED) is 0.815. The van der Waals surface area contributed by atoms with Gasteiger partial charge in [0.05, 0.1) is 5.56 Å². The molecule has 0 spiro atoms. The van der Waals surface area contributed by atoms with Gasteiger partial charge < -0.3 is 5.32 Å². The lowest BCUT2D eigenvalue weighted by Crippen LogP contribution is -2.16. The van der Waals surface area contributed by atoms with E-state index in [9.17, 15) is 13.2 Å². The molecule has 0 bridgehead atoms. The SMILES string of the molecule is FC(F)(F)c1ccc(CCNCc2ccccc2)cc1. The van der Waals surface area contributed by atoms with E-state index in [2.05, 4.69) is 5.32 Å². The molecule has 0 unspecified atom stereocenters. The van der Waals surface area contributed by atoms with Crippen LogP contribution in [0.25, 0.3) is 0 Å². The third-order valence-corrected chi connectivity index (χ3v) is 3.04. The van der Waals surface area contributed by atoms with Gasteiger partial charge in [-0.2, -0.15) is 13.2 Å². The number of benzene rings is 2. The molecule has 2 aromatic carbocycles. The third-order valence-electron chi connectivity index (χ3n) is 3.04. The summed E-state index contributed by atoms with van der Waals surface area (Å²) in [5.41, 5.74) is 1.50. The Morgan fingerprint density at radius 2 is 1.45 bits per heavy atom. The smallest absolute Gasteiger partial charge is 0.312 e. The van der Waals surface area contributed by atoms with Crippen molar-refractivity contribution in [3.05, 3.63) is 71.3 Å². The first-order chi connectivity index (χ1) is 9.55. The van der Waals surface area contributed by atoms with Crippen LogP contribution in [0.15, 0.2) is 54.6 Å². The monoisotopic (exact) mass is 279 g/mol. The minimum atomic E-state index is -4.26. The zero-order valence-electron chi connectivity index (χ0n) is 11.0. The van der Waals surface area contributed by atoms with Gasteiger partial charge in [-0.15, -0.1) is 0 Å². The summed E-state index contributed by atoms with van der Waals surface area (Å²) < 4.78 is 37.2. The number of hydrogen-bond donors (Lipinski definition) is 1. The van der Waals surface area contributed by atoms with E-state index < -0.39 is 11.7 Å². The molecule has 4 heteroatoms. The molecule has 20 heavy (non-hydrogen) atoms. The van der Waals surface area contributed by atoms with E-state index in [1.165, 1.54) is 17.7 Å². The lowest BCUT2D eigenvalue weighted by molar-refractivity contribution is -0.137. The van der Waals surface area contributed by atoms with E-state index in [1.54, 1.807) is 0 Å². The molecule has 0 aliphatic carbocycles. The van der Waals surface area contributed by atoms with Crippen LogP contribution in [0, 0.1) is 0 Å². The second kappa shape index (κ2) is 6.57. The zero-order chi connectivity index (χ0) is 14.4. The highest BCUT2D eigenvalue weighted by Crippen LogP contribution is 2.29. The second-order valence-electron chi connectivity index (χ2n) is 4.61. The Hall–Kier alpha value is -1.81. The normalized spacial score (nSPS) is 11.6. The van der Waals surface area contributed by atoms with Crippen LogP contribution in [0.1, 0.15) is 16.7 Å². The van der Waals surface area contributed by atoms with E-state index >= 15 is 0 Å². The van der Waals surface area contributed by atoms with Gasteiger partial charge in [0.25, 0.3) is 0 Å². The molecule has 106 valence electrons. The summed E-state index contributed by atoms with van der Waals surface area (Å²) in [6.45, 7) is 1.50. The van der Waals surface area contributed by atoms with Crippen LogP contribution in [0.4, 0.5) is 13.2 Å². The molecular weight excluding hydrogens is 263 g/mol. The van der Waals surface area contributed by atoms with Crippen LogP contribution in [-0.2, 0) is 19.1 Å². The molecule has 0 fully saturated rings. The molecule has 2 rings (SSSR count). The number of hydrogen-bond acceptors (Lipinski definition) is 1. The molecule has 0 radical (unpaired) electrons. The summed E-state index contributed by atoms with van der Waals surface area (Å²) in [7, 11) is 0. The van der Waals surface area contributed by atoms with Gasteiger partial charge in [0.1, 0.15) is 0 Å². The minimum Gasteiger partial charge on any atom is -0.312 e. The largest absolute Gasteiger partial charge is 0.416 e. The maximum Gasteiger partial charge on any atom is 0.416 e. The summed E-state index contributed by atoms with van der Waals surface area (Å²) in [6, 6.07) is 15.3. The van der Waals surface area contributed by atoms with Crippen molar-refractivity contribution in [1.82, 2.24) is 5.32 Å². The van der Waals surface area contributed by atoms with E-state index in [0.717, 1.165) is 30.8 Å². The van der Waals surface area contributed by atoms with Gasteiger partial charge in [0, 0.05) is 6.54 Å². The topological polar surface area (TPSA) is 12.0 Å². The van der Waals surface area contributed by atoms with E-state index in [1.807, 2.05) is 30.3 Å². The molecule has 0 atom stereocenters. The molecule has 2 aromatic rings. The lowest BCUT2D eigenvalue weighted by Gasteiger charge is -2.08. The van der Waals surface area contributed by atoms with Crippen molar-refractivity contribution in [2.75, 3.05) is 6.54 Å². The molecular formula is C16H16F3N. The molecule has 0 heterocycles. The molecule has 0 aromatic heterocycles. The predicted molar refractivity (Wildman–Crippen MR) is 73.3 cm³/mol. The average Bonchev–Trinajstić information content (AvgIpc) is 2.44. The van der Waals surface area contributed by atoms with Crippen LogP contribution < -0.4 is 5.32 Å². The van der Waals surface area contributed by atoms with Gasteiger partial charge in [-0.25, -0.2) is 0 Å². The lowest BCUT2D eigenvalue weighted by atomic mass is 10.1. The molecule has 0 saturated carbocycles. The van der Waals surface area contributed by atoms with Crippen molar-refractivity contribution in [2.45, 2.75) is 19.1 Å². The Kier molecular flexibility index (Phi) is 4.79. The van der Waals surface area contributed by atoms with Crippen LogP contribution in [-0.4, -0.2) is 6.54 Å². The van der Waals surface area contributed by atoms with Crippen LogP contribution in [0.2, 0.25) is 0 Å². The van der Waals surface area contributed by atoms with Crippen LogP contribution in [0.5, 0.6) is 0 Å². The first-order valence-electron chi connectivity index (χ1n) is 6.46. The number of rotatable bonds is 5. The van der Waals surface area contributed by atoms with Crippen LogP contribution in [0.3, 0.4) is 0 Å². The third kappa shape index (κ3) is 4.38. The zero-order valence-corrected chi connectivity index (χ0v) is 11.0. The van der Waals surface area contributed by atoms with Crippen molar-refractivity contribution in [3.8, 4) is 0 Å². The van der Waals surface area contributed by atoms with Gasteiger partial charge in [-0.05, 0) is 36.2 Å². The van der Waals surface area contributed by atoms with E-state index in [-0.39, 0.29) is 0 Å². The number of halogens is 3. The molecule has 0 amide bonds. The summed E-state index contributed by atoms with van der Waals surface area (Å²) in [4.78, 5) is 0. The Balaban J connectivity index is 1.77. The fourth-order valence-electron chi connectivity index (χ4n) is 1.92. The van der Waals surface area contributed by atoms with Crippen molar-refractivity contribution in [1.29, 1.82) is 0 Å². The molecule has 0 aliphatic rings. The standard InChI is InChI=1S/C16H16F3N/c17-16(18,19)15-8-6-13(7-9-15)10-11-20-12-14-4-2-1-3-5-14/h1-9,20H,10-12H2. The molecule has 1 nitrogen and oxygen atoms in total. The summed E-state index contributed by atoms with van der Waals surface area (Å²) >= 11 is 0. The predicted octanol–water partition coefficient (Wildman–Crippen LogP) is 4.04. The number of nitrogens with one attached hydrogen (secondary N) is 1. The first kappa shape index (κ1) is 14.6. The van der Waals surface area contributed by atoms with Crippen LogP contribution >= 0.6 is 0 Å². The Bertz CT molecular complexity index is 518. The molecule has 1 N–H and O–H groups in total. The Morgan fingerprint density at radius 3 is 2.05 bits per heavy atom. The fourth-order valence-corrected chi connectivity index (χ4v) is 1.92. The van der Waals surface area contributed by atoms with Crippen molar-refractivity contribution in [2.24, 2.45) is 0 Å². The van der Waals surface area contributed by atoms with Gasteiger partial charge in [0.2, 0.25) is 0 Å². The minimum absolute atomic E-state index is 0.599. The van der Waals surface area contributed by atoms with Gasteiger partial charge >= 0.3 is 6.18 Å². The van der Waals surface area contributed by atoms with Crippen molar-refractivity contribution >= 4 is 0 Å². The highest BCUT2D eigenvalue weighted by Gasteiger charge is 2.29. The Labute approximate surface area is 116 Å². The summed E-state index contributed by atoms with van der Waals surface area (Å²) in [5.74, 6) is 0. The van der Waals surface area contributed by atoms with Gasteiger partial charge in [-0.1, -0.05) is 42.5 Å². The summed E-state index contributed by atoms with van der Waals surface area (Å²) in [6.07, 6.45) is -3.55. The first-order valence-corrected chi connectivity index (χ1v) is 6.46. The number of alkyl halides is 3. The Morgan fingerprint density at radius 1 is 0.800 bits per heavy atom. The highest BCUT2D eigenvalue weighted by molar-refractivity contribution is 5.24. The van der Waals surface area contributed by atoms with E-state index in [4.69, 9.17) is 0 Å². The maximum absolute atomic E-state index is 12.4. The van der Waals surface area contributed by atoms with Crippen molar-refractivity contribution < 1.29 is 13.2 Å². The molecule has 0 saturated heterocycles. The molecule has 0 aliphatic heterocycles. The van der Waals surface area contributed by atoms with E-state index in [0.29, 0.717) is 6.42 Å².